The molecular weight excluding hydrogens is 528 g/mol. The largest absolute Gasteiger partial charge is 0.497 e. The highest BCUT2D eigenvalue weighted by atomic mass is 32.1. The van der Waals surface area contributed by atoms with Gasteiger partial charge in [-0.15, -0.1) is 11.3 Å². The van der Waals surface area contributed by atoms with Crippen LogP contribution in [0.5, 0.6) is 5.75 Å². The van der Waals surface area contributed by atoms with Gasteiger partial charge in [-0.1, -0.05) is 24.3 Å². The Morgan fingerprint density at radius 3 is 2.44 bits per heavy atom. The smallest absolute Gasteiger partial charge is 0.305 e. The van der Waals surface area contributed by atoms with E-state index in [0.717, 1.165) is 0 Å². The molecule has 2 atom stereocenters. The fraction of sp³-hybridized carbons (Fsp3) is 0.231. The van der Waals surface area contributed by atoms with Gasteiger partial charge in [0.2, 0.25) is 0 Å². The summed E-state index contributed by atoms with van der Waals surface area (Å²) < 4.78 is 5.20. The number of carboxylic acids is 1. The van der Waals surface area contributed by atoms with Crippen LogP contribution in [-0.2, 0) is 9.59 Å². The summed E-state index contributed by atoms with van der Waals surface area (Å²) in [6.07, 6.45) is -1.98. The van der Waals surface area contributed by atoms with Gasteiger partial charge in [-0.25, -0.2) is 0 Å². The predicted molar refractivity (Wildman–Crippen MR) is 139 cm³/mol. The first-order valence-corrected chi connectivity index (χ1v) is 12.6. The van der Waals surface area contributed by atoms with Crippen molar-refractivity contribution in [2.75, 3.05) is 20.2 Å². The van der Waals surface area contributed by atoms with Gasteiger partial charge in [0.25, 0.3) is 23.4 Å². The Bertz CT molecular complexity index is 1410. The number of rotatable bonds is 9. The van der Waals surface area contributed by atoms with E-state index in [1.54, 1.807) is 35.7 Å². The van der Waals surface area contributed by atoms with Gasteiger partial charge in [-0.05, 0) is 35.2 Å². The Morgan fingerprint density at radius 2 is 1.79 bits per heavy atom. The number of nitro groups is 1. The number of nitrogens with one attached hydrogen (secondary N) is 1. The van der Waals surface area contributed by atoms with Crippen LogP contribution in [-0.4, -0.2) is 69.9 Å². The van der Waals surface area contributed by atoms with E-state index in [1.165, 1.54) is 58.6 Å². The fourth-order valence-corrected chi connectivity index (χ4v) is 5.01. The highest BCUT2D eigenvalue weighted by Gasteiger charge is 2.44. The van der Waals surface area contributed by atoms with Gasteiger partial charge in [0.15, 0.2) is 6.17 Å². The van der Waals surface area contributed by atoms with Crippen molar-refractivity contribution in [3.8, 4) is 5.75 Å². The van der Waals surface area contributed by atoms with E-state index in [4.69, 9.17) is 4.74 Å². The Morgan fingerprint density at radius 1 is 1.08 bits per heavy atom. The van der Waals surface area contributed by atoms with Gasteiger partial charge in [-0.2, -0.15) is 0 Å². The summed E-state index contributed by atoms with van der Waals surface area (Å²) in [7, 11) is 1.45. The van der Waals surface area contributed by atoms with Crippen LogP contribution in [0.15, 0.2) is 66.0 Å². The minimum absolute atomic E-state index is 0.0473. The molecule has 4 rings (SSSR count). The average molecular weight is 553 g/mol. The number of aliphatic carboxylic acids is 1. The number of hydrogen-bond donors (Lipinski definition) is 2. The summed E-state index contributed by atoms with van der Waals surface area (Å²) in [6, 6.07) is 13.7. The molecule has 2 aromatic carbocycles. The molecule has 2 unspecified atom stereocenters. The third-order valence-corrected chi connectivity index (χ3v) is 7.01. The molecule has 2 heterocycles. The molecular formula is C26H24N4O8S. The number of amides is 3. The number of hydrogen-bond acceptors (Lipinski definition) is 8. The molecule has 0 radical (unpaired) electrons. The number of benzene rings is 2. The quantitative estimate of drug-likeness (QED) is 0.303. The lowest BCUT2D eigenvalue weighted by atomic mass is 10.0. The van der Waals surface area contributed by atoms with Gasteiger partial charge < -0.3 is 25.0 Å². The first-order chi connectivity index (χ1) is 18.7. The number of methoxy groups -OCH3 is 1. The fourth-order valence-electron chi connectivity index (χ4n) is 4.33. The molecule has 2 N–H and O–H groups in total. The van der Waals surface area contributed by atoms with Crippen molar-refractivity contribution in [2.24, 2.45) is 0 Å². The van der Waals surface area contributed by atoms with Crippen LogP contribution in [0.4, 0.5) is 5.69 Å². The molecule has 1 aliphatic rings. The summed E-state index contributed by atoms with van der Waals surface area (Å²) in [5.41, 5.74) is 0.153. The number of thiophene rings is 1. The molecule has 1 fully saturated rings. The van der Waals surface area contributed by atoms with Crippen LogP contribution >= 0.6 is 11.3 Å². The molecule has 1 aliphatic heterocycles. The molecule has 0 bridgehead atoms. The highest BCUT2D eigenvalue weighted by molar-refractivity contribution is 7.12. The van der Waals surface area contributed by atoms with Gasteiger partial charge in [-0.3, -0.25) is 29.3 Å². The summed E-state index contributed by atoms with van der Waals surface area (Å²) in [5.74, 6) is -2.61. The summed E-state index contributed by atoms with van der Waals surface area (Å²) in [4.78, 5) is 65.7. The van der Waals surface area contributed by atoms with Crippen LogP contribution in [0.2, 0.25) is 0 Å². The van der Waals surface area contributed by atoms with E-state index in [2.05, 4.69) is 5.32 Å². The molecule has 0 aliphatic carbocycles. The molecule has 0 saturated carbocycles. The number of carbonyl (C=O) groups is 4. The zero-order valence-corrected chi connectivity index (χ0v) is 21.5. The number of nitrogens with zero attached hydrogens (tertiary/aromatic N) is 3. The standard InChI is InChI=1S/C26H24N4O8S/c1-38-19-8-3-6-17(14-19)25(34)28-10-11-29(26(35)21-9-4-12-39-21)24(28)23(33)27-20(15-22(31)32)16-5-2-7-18(13-16)30(36)37/h2-9,12-14,20,24H,10-11,15H2,1H3,(H,27,33)(H,31,32). The topological polar surface area (TPSA) is 159 Å². The highest BCUT2D eigenvalue weighted by Crippen LogP contribution is 2.27. The first kappa shape index (κ1) is 27.3. The summed E-state index contributed by atoms with van der Waals surface area (Å²) in [5, 5.41) is 25.1. The number of carboxylic acid groups (broad SMARTS) is 1. The number of carbonyl (C=O) groups excluding carboxylic acids is 3. The van der Waals surface area contributed by atoms with Gasteiger partial charge >= 0.3 is 5.97 Å². The molecule has 0 spiro atoms. The third-order valence-electron chi connectivity index (χ3n) is 6.16. The Balaban J connectivity index is 1.69. The van der Waals surface area contributed by atoms with Crippen molar-refractivity contribution in [2.45, 2.75) is 18.6 Å². The molecule has 1 aromatic heterocycles. The van der Waals surface area contributed by atoms with E-state index in [9.17, 15) is 34.4 Å². The average Bonchev–Trinajstić information content (AvgIpc) is 3.62. The monoisotopic (exact) mass is 552 g/mol. The maximum Gasteiger partial charge on any atom is 0.305 e. The lowest BCUT2D eigenvalue weighted by molar-refractivity contribution is -0.384. The second-order valence-corrected chi connectivity index (χ2v) is 9.54. The van der Waals surface area contributed by atoms with Crippen LogP contribution in [0.1, 0.15) is 38.1 Å². The first-order valence-electron chi connectivity index (χ1n) is 11.8. The van der Waals surface area contributed by atoms with Crippen molar-refractivity contribution in [3.05, 3.63) is 92.2 Å². The summed E-state index contributed by atoms with van der Waals surface area (Å²) in [6.45, 7) is 0.108. The zero-order chi connectivity index (χ0) is 28.1. The molecule has 3 aromatic rings. The Kier molecular flexibility index (Phi) is 8.20. The number of ether oxygens (including phenoxy) is 1. The van der Waals surface area contributed by atoms with E-state index in [-0.39, 0.29) is 29.9 Å². The number of non-ortho nitro benzene ring substituents is 1. The lowest BCUT2D eigenvalue weighted by Crippen LogP contribution is -2.54. The van der Waals surface area contributed by atoms with E-state index < -0.39 is 47.2 Å². The zero-order valence-electron chi connectivity index (χ0n) is 20.7. The van der Waals surface area contributed by atoms with E-state index in [1.807, 2.05) is 0 Å². The Labute approximate surface area is 226 Å². The number of nitro benzene ring substituents is 1. The Hall–Kier alpha value is -4.78. The molecule has 202 valence electrons. The van der Waals surface area contributed by atoms with Gasteiger partial charge in [0, 0.05) is 30.8 Å². The normalized spacial score (nSPS) is 15.5. The molecule has 39 heavy (non-hydrogen) atoms. The molecule has 12 nitrogen and oxygen atoms in total. The SMILES string of the molecule is COc1cccc(C(=O)N2CCN(C(=O)c3cccs3)C2C(=O)NC(CC(=O)O)c2cccc([N+](=O)[O-])c2)c1. The van der Waals surface area contributed by atoms with Crippen molar-refractivity contribution in [1.29, 1.82) is 0 Å². The van der Waals surface area contributed by atoms with E-state index in [0.29, 0.717) is 10.6 Å². The van der Waals surface area contributed by atoms with Crippen LogP contribution in [0, 0.1) is 10.1 Å². The summed E-state index contributed by atoms with van der Waals surface area (Å²) >= 11 is 1.18. The van der Waals surface area contributed by atoms with Crippen LogP contribution in [0.3, 0.4) is 0 Å². The van der Waals surface area contributed by atoms with Crippen LogP contribution < -0.4 is 10.1 Å². The minimum atomic E-state index is -1.40. The molecule has 1 saturated heterocycles. The minimum Gasteiger partial charge on any atom is -0.497 e. The molecule has 13 heteroatoms. The lowest BCUT2D eigenvalue weighted by Gasteiger charge is -2.30. The van der Waals surface area contributed by atoms with E-state index >= 15 is 0 Å². The molecule has 3 amide bonds. The van der Waals surface area contributed by atoms with Crippen molar-refractivity contribution < 1.29 is 33.9 Å². The van der Waals surface area contributed by atoms with Crippen molar-refractivity contribution in [3.63, 3.8) is 0 Å². The second kappa shape index (κ2) is 11.7. The van der Waals surface area contributed by atoms with Crippen molar-refractivity contribution >= 4 is 40.7 Å². The van der Waals surface area contributed by atoms with Gasteiger partial charge in [0.05, 0.1) is 29.4 Å². The van der Waals surface area contributed by atoms with Gasteiger partial charge in [0.1, 0.15) is 5.75 Å². The van der Waals surface area contributed by atoms with Crippen molar-refractivity contribution in [1.82, 2.24) is 15.1 Å². The van der Waals surface area contributed by atoms with Crippen LogP contribution in [0.25, 0.3) is 0 Å². The maximum absolute atomic E-state index is 13.7. The predicted octanol–water partition coefficient (Wildman–Crippen LogP) is 2.92. The maximum atomic E-state index is 13.7. The third kappa shape index (κ3) is 6.04. The second-order valence-electron chi connectivity index (χ2n) is 8.59.